The zero-order valence-corrected chi connectivity index (χ0v) is 8.79. The standard InChI is InChI=1S/C8H13N3O2S/c1-11(7-3-2-4-7)14(12,13)8-5-9-6-10-8/h5-7H,2-4H2,1H3,(H,9,10). The van der Waals surface area contributed by atoms with E-state index < -0.39 is 10.0 Å². The van der Waals surface area contributed by atoms with Gasteiger partial charge >= 0.3 is 0 Å². The summed E-state index contributed by atoms with van der Waals surface area (Å²) in [5.74, 6) is 0. The van der Waals surface area contributed by atoms with Gasteiger partial charge in [-0.2, -0.15) is 4.31 Å². The number of H-pyrrole nitrogens is 1. The minimum Gasteiger partial charge on any atom is -0.335 e. The van der Waals surface area contributed by atoms with Crippen molar-refractivity contribution in [3.05, 3.63) is 12.5 Å². The molecule has 14 heavy (non-hydrogen) atoms. The molecule has 1 aliphatic rings. The number of imidazole rings is 1. The van der Waals surface area contributed by atoms with E-state index in [0.717, 1.165) is 19.3 Å². The molecule has 0 saturated heterocycles. The number of nitrogens with one attached hydrogen (secondary N) is 1. The molecule has 6 heteroatoms. The van der Waals surface area contributed by atoms with E-state index in [9.17, 15) is 8.42 Å². The lowest BCUT2D eigenvalue weighted by Gasteiger charge is -2.33. The molecule has 1 aliphatic carbocycles. The van der Waals surface area contributed by atoms with Gasteiger partial charge in [-0.3, -0.25) is 0 Å². The summed E-state index contributed by atoms with van der Waals surface area (Å²) in [6, 6.07) is 0.170. The van der Waals surface area contributed by atoms with Crippen molar-refractivity contribution in [3.8, 4) is 0 Å². The van der Waals surface area contributed by atoms with Crippen molar-refractivity contribution >= 4 is 10.0 Å². The quantitative estimate of drug-likeness (QED) is 0.802. The second kappa shape index (κ2) is 3.36. The average molecular weight is 215 g/mol. The molecule has 0 aliphatic heterocycles. The third kappa shape index (κ3) is 1.44. The molecular formula is C8H13N3O2S. The van der Waals surface area contributed by atoms with Crippen molar-refractivity contribution in [1.29, 1.82) is 0 Å². The normalized spacial score (nSPS) is 18.4. The molecule has 78 valence electrons. The molecule has 5 nitrogen and oxygen atoms in total. The van der Waals surface area contributed by atoms with Crippen LogP contribution in [0.5, 0.6) is 0 Å². The van der Waals surface area contributed by atoms with Crippen LogP contribution in [-0.4, -0.2) is 35.8 Å². The summed E-state index contributed by atoms with van der Waals surface area (Å²) >= 11 is 0. The highest BCUT2D eigenvalue weighted by Crippen LogP contribution is 2.27. The van der Waals surface area contributed by atoms with Gasteiger partial charge in [-0.1, -0.05) is 6.42 Å². The molecule has 0 unspecified atom stereocenters. The SMILES string of the molecule is CN(C1CCC1)S(=O)(=O)c1cnc[nH]1. The van der Waals surface area contributed by atoms with Crippen LogP contribution in [0.1, 0.15) is 19.3 Å². The molecule has 1 fully saturated rings. The van der Waals surface area contributed by atoms with Crippen LogP contribution in [0.2, 0.25) is 0 Å². The fourth-order valence-electron chi connectivity index (χ4n) is 1.49. The Morgan fingerprint density at radius 1 is 1.57 bits per heavy atom. The van der Waals surface area contributed by atoms with Crippen LogP contribution < -0.4 is 0 Å². The first-order valence-electron chi connectivity index (χ1n) is 4.59. The summed E-state index contributed by atoms with van der Waals surface area (Å²) in [7, 11) is -1.72. The molecule has 0 amide bonds. The van der Waals surface area contributed by atoms with E-state index in [1.807, 2.05) is 0 Å². The smallest absolute Gasteiger partial charge is 0.260 e. The molecule has 1 saturated carbocycles. The van der Waals surface area contributed by atoms with Crippen LogP contribution in [0.3, 0.4) is 0 Å². The Hall–Kier alpha value is -0.880. The minimum absolute atomic E-state index is 0.170. The number of sulfonamides is 1. The van der Waals surface area contributed by atoms with Crippen LogP contribution in [0.15, 0.2) is 17.6 Å². The first kappa shape index (κ1) is 9.67. The number of aromatic amines is 1. The average Bonchev–Trinajstić information content (AvgIpc) is 2.52. The fourth-order valence-corrected chi connectivity index (χ4v) is 2.80. The molecule has 1 heterocycles. The third-order valence-electron chi connectivity index (χ3n) is 2.72. The zero-order chi connectivity index (χ0) is 10.2. The Balaban J connectivity index is 2.23. The summed E-state index contributed by atoms with van der Waals surface area (Å²) in [5.41, 5.74) is 0. The maximum atomic E-state index is 11.9. The van der Waals surface area contributed by atoms with Gasteiger partial charge < -0.3 is 4.98 Å². The topological polar surface area (TPSA) is 66.1 Å². The van der Waals surface area contributed by atoms with Crippen molar-refractivity contribution in [2.45, 2.75) is 30.3 Å². The fraction of sp³-hybridized carbons (Fsp3) is 0.625. The molecular weight excluding hydrogens is 202 g/mol. The number of nitrogens with zero attached hydrogens (tertiary/aromatic N) is 2. The minimum atomic E-state index is -3.34. The van der Waals surface area contributed by atoms with E-state index in [1.165, 1.54) is 16.8 Å². The molecule has 1 aromatic rings. The molecule has 0 radical (unpaired) electrons. The third-order valence-corrected chi connectivity index (χ3v) is 4.55. The van der Waals surface area contributed by atoms with Gasteiger partial charge in [-0.25, -0.2) is 13.4 Å². The van der Waals surface area contributed by atoms with Crippen LogP contribution in [0, 0.1) is 0 Å². The first-order valence-corrected chi connectivity index (χ1v) is 6.03. The van der Waals surface area contributed by atoms with Crippen LogP contribution >= 0.6 is 0 Å². The second-order valence-corrected chi connectivity index (χ2v) is 5.49. The largest absolute Gasteiger partial charge is 0.335 e. The van der Waals surface area contributed by atoms with E-state index in [-0.39, 0.29) is 11.1 Å². The number of hydrogen-bond donors (Lipinski definition) is 1. The highest BCUT2D eigenvalue weighted by atomic mass is 32.2. The van der Waals surface area contributed by atoms with Gasteiger partial charge in [0.1, 0.15) is 0 Å². The lowest BCUT2D eigenvalue weighted by Crippen LogP contribution is -2.41. The number of rotatable bonds is 3. The molecule has 1 aromatic heterocycles. The molecule has 2 rings (SSSR count). The summed E-state index contributed by atoms with van der Waals surface area (Å²) in [4.78, 5) is 6.33. The lowest BCUT2D eigenvalue weighted by molar-refractivity contribution is 0.249. The summed E-state index contributed by atoms with van der Waals surface area (Å²) in [6.07, 6.45) is 5.76. The Labute approximate surface area is 83.2 Å². The Morgan fingerprint density at radius 3 is 2.71 bits per heavy atom. The van der Waals surface area contributed by atoms with E-state index in [0.29, 0.717) is 0 Å². The van der Waals surface area contributed by atoms with Crippen LogP contribution in [-0.2, 0) is 10.0 Å². The summed E-state index contributed by atoms with van der Waals surface area (Å²) in [5, 5.41) is 0.173. The second-order valence-electron chi connectivity index (χ2n) is 3.52. The molecule has 0 aromatic carbocycles. The number of hydrogen-bond acceptors (Lipinski definition) is 3. The van der Waals surface area contributed by atoms with Gasteiger partial charge in [0.2, 0.25) is 0 Å². The Morgan fingerprint density at radius 2 is 2.29 bits per heavy atom. The highest BCUT2D eigenvalue weighted by molar-refractivity contribution is 7.89. The highest BCUT2D eigenvalue weighted by Gasteiger charge is 2.32. The van der Waals surface area contributed by atoms with Crippen molar-refractivity contribution in [2.75, 3.05) is 7.05 Å². The monoisotopic (exact) mass is 215 g/mol. The van der Waals surface area contributed by atoms with Gasteiger partial charge in [-0.15, -0.1) is 0 Å². The van der Waals surface area contributed by atoms with Crippen molar-refractivity contribution < 1.29 is 8.42 Å². The predicted octanol–water partition coefficient (Wildman–Crippen LogP) is 0.583. The lowest BCUT2D eigenvalue weighted by atomic mass is 9.94. The predicted molar refractivity (Wildman–Crippen MR) is 51.2 cm³/mol. The van der Waals surface area contributed by atoms with Crippen molar-refractivity contribution in [3.63, 3.8) is 0 Å². The van der Waals surface area contributed by atoms with Gasteiger partial charge in [0.05, 0.1) is 12.5 Å². The van der Waals surface area contributed by atoms with E-state index in [2.05, 4.69) is 9.97 Å². The molecule has 0 bridgehead atoms. The summed E-state index contributed by atoms with van der Waals surface area (Å²) < 4.78 is 25.2. The van der Waals surface area contributed by atoms with Crippen LogP contribution in [0.25, 0.3) is 0 Å². The molecule has 0 atom stereocenters. The zero-order valence-electron chi connectivity index (χ0n) is 7.97. The summed E-state index contributed by atoms with van der Waals surface area (Å²) in [6.45, 7) is 0. The van der Waals surface area contributed by atoms with Crippen LogP contribution in [0.4, 0.5) is 0 Å². The first-order chi connectivity index (χ1) is 6.62. The number of aromatic nitrogens is 2. The molecule has 1 N–H and O–H groups in total. The van der Waals surface area contributed by atoms with E-state index >= 15 is 0 Å². The van der Waals surface area contributed by atoms with Gasteiger partial charge in [0, 0.05) is 13.1 Å². The van der Waals surface area contributed by atoms with Crippen molar-refractivity contribution in [1.82, 2.24) is 14.3 Å². The van der Waals surface area contributed by atoms with Gasteiger partial charge in [0.15, 0.2) is 5.03 Å². The van der Waals surface area contributed by atoms with Gasteiger partial charge in [0.25, 0.3) is 10.0 Å². The van der Waals surface area contributed by atoms with Crippen molar-refractivity contribution in [2.24, 2.45) is 0 Å². The molecule has 0 spiro atoms. The van der Waals surface area contributed by atoms with E-state index in [4.69, 9.17) is 0 Å². The van der Waals surface area contributed by atoms with E-state index in [1.54, 1.807) is 7.05 Å². The maximum Gasteiger partial charge on any atom is 0.260 e. The van der Waals surface area contributed by atoms with Gasteiger partial charge in [-0.05, 0) is 12.8 Å². The maximum absolute atomic E-state index is 11.9. The Bertz CT molecular complexity index is 394. The Kier molecular flexibility index (Phi) is 2.32.